The van der Waals surface area contributed by atoms with E-state index in [9.17, 15) is 9.90 Å². The summed E-state index contributed by atoms with van der Waals surface area (Å²) in [4.78, 5) is 12.9. The maximum Gasteiger partial charge on any atom is 0.149 e. The van der Waals surface area contributed by atoms with Crippen LogP contribution in [0.2, 0.25) is 0 Å². The van der Waals surface area contributed by atoms with E-state index >= 15 is 0 Å². The number of carbonyl (C=O) groups excluding carboxylic acids is 1. The lowest BCUT2D eigenvalue weighted by Crippen LogP contribution is -2.56. The van der Waals surface area contributed by atoms with Crippen molar-refractivity contribution in [1.29, 1.82) is 0 Å². The van der Waals surface area contributed by atoms with E-state index in [1.165, 1.54) is 38.5 Å². The Morgan fingerprint density at radius 3 is 2.23 bits per heavy atom. The van der Waals surface area contributed by atoms with Crippen LogP contribution in [-0.4, -0.2) is 21.3 Å². The Labute approximate surface area is 168 Å². The average Bonchev–Trinajstić information content (AvgIpc) is 2.90. The summed E-state index contributed by atoms with van der Waals surface area (Å²) in [6.45, 7) is 9.08. The van der Waals surface area contributed by atoms with E-state index in [0.29, 0.717) is 17.1 Å². The topological polar surface area (TPSA) is 37.3 Å². The van der Waals surface area contributed by atoms with Crippen LogP contribution in [0, 0.1) is 40.4 Å². The van der Waals surface area contributed by atoms with Crippen LogP contribution in [0.5, 0.6) is 0 Å². The van der Waals surface area contributed by atoms with Gasteiger partial charge in [0.05, 0.1) is 10.4 Å². The standard InChI is InChI=1S/C23H37BrO2/c1-14(24)20(25)19-8-7-18-17-6-5-15-13-21(2,26)10-9-16(15)22(17,3)11-12-23(18,19)4/h14-19,26H,5-13H2,1-4H3/t14?,15-,16+,17+,18+,19-,21-,22-,23+/m1/s1. The van der Waals surface area contributed by atoms with E-state index < -0.39 is 5.60 Å². The third kappa shape index (κ3) is 2.78. The van der Waals surface area contributed by atoms with Crippen molar-refractivity contribution in [3.63, 3.8) is 0 Å². The highest BCUT2D eigenvalue weighted by atomic mass is 79.9. The number of rotatable bonds is 2. The van der Waals surface area contributed by atoms with Gasteiger partial charge in [-0.05, 0) is 106 Å². The molecule has 2 nitrogen and oxygen atoms in total. The fourth-order valence-electron chi connectivity index (χ4n) is 8.28. The lowest BCUT2D eigenvalue weighted by molar-refractivity contribution is -0.153. The van der Waals surface area contributed by atoms with Crippen molar-refractivity contribution in [1.82, 2.24) is 0 Å². The Bertz CT molecular complexity index is 585. The minimum atomic E-state index is -0.440. The van der Waals surface area contributed by atoms with Crippen molar-refractivity contribution in [3.8, 4) is 0 Å². The molecule has 0 spiro atoms. The van der Waals surface area contributed by atoms with Crippen molar-refractivity contribution >= 4 is 21.7 Å². The summed E-state index contributed by atoms with van der Waals surface area (Å²) in [5.41, 5.74) is 0.211. The molecule has 1 unspecified atom stereocenters. The number of ketones is 1. The molecule has 0 saturated heterocycles. The SMILES string of the molecule is CC(Br)C(=O)[C@H]1CC[C@H]2[C@@H]3CC[C@@H]4C[C@](C)(O)CC[C@@H]4[C@@]3(C)CC[C@]12C. The van der Waals surface area contributed by atoms with E-state index in [1.807, 2.05) is 13.8 Å². The van der Waals surface area contributed by atoms with Gasteiger partial charge in [0.1, 0.15) is 5.78 Å². The largest absolute Gasteiger partial charge is 0.390 e. The highest BCUT2D eigenvalue weighted by Crippen LogP contribution is 2.69. The number of halogens is 1. The molecule has 4 fully saturated rings. The fraction of sp³-hybridized carbons (Fsp3) is 0.957. The van der Waals surface area contributed by atoms with Crippen LogP contribution in [-0.2, 0) is 4.79 Å². The quantitative estimate of drug-likeness (QED) is 0.572. The van der Waals surface area contributed by atoms with Crippen molar-refractivity contribution in [2.24, 2.45) is 40.4 Å². The predicted octanol–water partition coefficient (Wildman–Crippen LogP) is 5.75. The third-order valence-corrected chi connectivity index (χ3v) is 10.1. The number of Topliss-reactive ketones (excluding diaryl/α,β-unsaturated/α-hetero) is 1. The second-order valence-electron chi connectivity index (χ2n) is 11.1. The number of hydrogen-bond donors (Lipinski definition) is 1. The van der Waals surface area contributed by atoms with Gasteiger partial charge in [0.15, 0.2) is 0 Å². The van der Waals surface area contributed by atoms with E-state index in [-0.39, 0.29) is 16.2 Å². The van der Waals surface area contributed by atoms with Gasteiger partial charge in [-0.2, -0.15) is 0 Å². The Morgan fingerprint density at radius 1 is 0.923 bits per heavy atom. The first kappa shape index (κ1) is 19.4. The minimum absolute atomic E-state index is 0.00676. The van der Waals surface area contributed by atoms with Gasteiger partial charge < -0.3 is 5.11 Å². The van der Waals surface area contributed by atoms with Crippen LogP contribution in [0.1, 0.15) is 85.5 Å². The van der Waals surface area contributed by atoms with Gasteiger partial charge in [-0.15, -0.1) is 0 Å². The average molecular weight is 425 g/mol. The molecule has 0 aliphatic heterocycles. The summed E-state index contributed by atoms with van der Waals surface area (Å²) in [7, 11) is 0. The zero-order chi connectivity index (χ0) is 18.9. The molecular formula is C23H37BrO2. The summed E-state index contributed by atoms with van der Waals surface area (Å²) in [6.07, 6.45) is 10.7. The zero-order valence-electron chi connectivity index (χ0n) is 17.1. The molecule has 4 aliphatic rings. The van der Waals surface area contributed by atoms with Gasteiger partial charge in [0.25, 0.3) is 0 Å². The first-order chi connectivity index (χ1) is 12.1. The minimum Gasteiger partial charge on any atom is -0.390 e. The molecule has 4 saturated carbocycles. The summed E-state index contributed by atoms with van der Waals surface area (Å²) in [5, 5.41) is 10.6. The first-order valence-electron chi connectivity index (χ1n) is 11.0. The van der Waals surface area contributed by atoms with E-state index in [1.54, 1.807) is 0 Å². The molecule has 9 atom stereocenters. The number of carbonyl (C=O) groups is 1. The molecule has 0 aromatic rings. The van der Waals surface area contributed by atoms with Gasteiger partial charge in [0.2, 0.25) is 0 Å². The lowest BCUT2D eigenvalue weighted by atomic mass is 9.43. The van der Waals surface area contributed by atoms with Crippen LogP contribution in [0.25, 0.3) is 0 Å². The highest BCUT2D eigenvalue weighted by molar-refractivity contribution is 9.10. The van der Waals surface area contributed by atoms with Crippen molar-refractivity contribution in [3.05, 3.63) is 0 Å². The normalized spacial score (nSPS) is 54.8. The van der Waals surface area contributed by atoms with Gasteiger partial charge in [-0.3, -0.25) is 4.79 Å². The van der Waals surface area contributed by atoms with E-state index in [0.717, 1.165) is 37.0 Å². The Balaban J connectivity index is 1.60. The lowest BCUT2D eigenvalue weighted by Gasteiger charge is -2.62. The van der Waals surface area contributed by atoms with E-state index in [4.69, 9.17) is 0 Å². The number of hydrogen-bond acceptors (Lipinski definition) is 2. The van der Waals surface area contributed by atoms with Crippen LogP contribution in [0.3, 0.4) is 0 Å². The maximum absolute atomic E-state index is 12.9. The molecular weight excluding hydrogens is 388 g/mol. The van der Waals surface area contributed by atoms with Crippen LogP contribution in [0.15, 0.2) is 0 Å². The van der Waals surface area contributed by atoms with Gasteiger partial charge >= 0.3 is 0 Å². The molecule has 148 valence electrons. The molecule has 0 aromatic heterocycles. The molecule has 4 rings (SSSR count). The van der Waals surface area contributed by atoms with Crippen LogP contribution in [0.4, 0.5) is 0 Å². The molecule has 3 heteroatoms. The second-order valence-corrected chi connectivity index (χ2v) is 12.4. The molecule has 1 N–H and O–H groups in total. The first-order valence-corrected chi connectivity index (χ1v) is 11.9. The molecule has 4 aliphatic carbocycles. The zero-order valence-corrected chi connectivity index (χ0v) is 18.6. The molecule has 0 aromatic carbocycles. The monoisotopic (exact) mass is 424 g/mol. The fourth-order valence-corrected chi connectivity index (χ4v) is 8.60. The second kappa shape index (κ2) is 6.31. The van der Waals surface area contributed by atoms with Gasteiger partial charge in [-0.25, -0.2) is 0 Å². The van der Waals surface area contributed by atoms with Crippen LogP contribution < -0.4 is 0 Å². The van der Waals surface area contributed by atoms with E-state index in [2.05, 4.69) is 29.8 Å². The summed E-state index contributed by atoms with van der Waals surface area (Å²) in [5.74, 6) is 3.72. The molecule has 0 heterocycles. The van der Waals surface area contributed by atoms with Gasteiger partial charge in [-0.1, -0.05) is 29.8 Å². The Morgan fingerprint density at radius 2 is 1.54 bits per heavy atom. The highest BCUT2D eigenvalue weighted by Gasteiger charge is 2.62. The number of aliphatic hydroxyl groups is 1. The Hall–Kier alpha value is 0.110. The molecule has 0 amide bonds. The molecule has 26 heavy (non-hydrogen) atoms. The third-order valence-electron chi connectivity index (χ3n) is 9.64. The summed E-state index contributed by atoms with van der Waals surface area (Å²) >= 11 is 3.55. The van der Waals surface area contributed by atoms with Crippen LogP contribution >= 0.6 is 15.9 Å². The number of fused-ring (bicyclic) bond motifs is 5. The van der Waals surface area contributed by atoms with Crippen molar-refractivity contribution < 1.29 is 9.90 Å². The molecule has 0 bridgehead atoms. The van der Waals surface area contributed by atoms with Gasteiger partial charge in [0, 0.05) is 5.92 Å². The van der Waals surface area contributed by atoms with Crippen molar-refractivity contribution in [2.75, 3.05) is 0 Å². The Kier molecular flexibility index (Phi) is 4.71. The summed E-state index contributed by atoms with van der Waals surface area (Å²) in [6, 6.07) is 0. The predicted molar refractivity (Wildman–Crippen MR) is 109 cm³/mol. The van der Waals surface area contributed by atoms with Crippen molar-refractivity contribution in [2.45, 2.75) is 95.9 Å². The molecule has 0 radical (unpaired) electrons. The summed E-state index contributed by atoms with van der Waals surface area (Å²) < 4.78 is 0. The maximum atomic E-state index is 12.9. The number of alkyl halides is 1. The smallest absolute Gasteiger partial charge is 0.149 e.